The van der Waals surface area contributed by atoms with E-state index in [0.29, 0.717) is 0 Å². The number of nitriles is 1. The molecule has 10 heteroatoms. The lowest BCUT2D eigenvalue weighted by atomic mass is 10.4. The van der Waals surface area contributed by atoms with E-state index in [1.807, 2.05) is 0 Å². The standard InChI is InChI=1S/C8H5ClF3N3OS2/c9-6-3-14-8(17-6)18(16,15-4-13)2-1-5(10)7(11)12/h3H,1-2H2. The van der Waals surface area contributed by atoms with Crippen molar-refractivity contribution in [3.05, 3.63) is 22.4 Å². The zero-order chi connectivity index (χ0) is 13.8. The van der Waals surface area contributed by atoms with Crippen molar-refractivity contribution < 1.29 is 17.4 Å². The molecule has 0 aliphatic carbocycles. The Morgan fingerprint density at radius 2 is 2.28 bits per heavy atom. The van der Waals surface area contributed by atoms with Gasteiger partial charge in [-0.15, -0.1) is 4.36 Å². The first-order chi connectivity index (χ1) is 8.39. The van der Waals surface area contributed by atoms with Crippen molar-refractivity contribution in [1.29, 1.82) is 5.26 Å². The molecule has 1 rings (SSSR count). The smallest absolute Gasteiger partial charge is 0.241 e. The van der Waals surface area contributed by atoms with E-state index in [1.54, 1.807) is 0 Å². The van der Waals surface area contributed by atoms with Gasteiger partial charge in [0.05, 0.1) is 6.20 Å². The molecule has 0 saturated heterocycles. The summed E-state index contributed by atoms with van der Waals surface area (Å²) in [5.74, 6) is -2.24. The number of allylic oxidation sites excluding steroid dienone is 1. The lowest BCUT2D eigenvalue weighted by Crippen LogP contribution is -2.06. The van der Waals surface area contributed by atoms with Crippen molar-refractivity contribution in [2.75, 3.05) is 5.75 Å². The van der Waals surface area contributed by atoms with Gasteiger partial charge in [0.1, 0.15) is 14.1 Å². The van der Waals surface area contributed by atoms with Gasteiger partial charge < -0.3 is 0 Å². The first-order valence-electron chi connectivity index (χ1n) is 4.33. The average Bonchev–Trinajstić information content (AvgIpc) is 2.73. The largest absolute Gasteiger partial charge is 0.301 e. The third-order valence-corrected chi connectivity index (χ3v) is 5.45. The van der Waals surface area contributed by atoms with Crippen LogP contribution in [0.5, 0.6) is 0 Å². The van der Waals surface area contributed by atoms with Gasteiger partial charge in [0.2, 0.25) is 6.19 Å². The summed E-state index contributed by atoms with van der Waals surface area (Å²) in [6, 6.07) is 0. The van der Waals surface area contributed by atoms with E-state index in [-0.39, 0.29) is 8.68 Å². The summed E-state index contributed by atoms with van der Waals surface area (Å²) in [5, 5.41) is 8.44. The molecule has 1 atom stereocenters. The highest BCUT2D eigenvalue weighted by Crippen LogP contribution is 2.26. The monoisotopic (exact) mass is 315 g/mol. The fraction of sp³-hybridized carbons (Fsp3) is 0.250. The van der Waals surface area contributed by atoms with Crippen LogP contribution in [0.2, 0.25) is 4.34 Å². The fourth-order valence-corrected chi connectivity index (χ4v) is 4.03. The summed E-state index contributed by atoms with van der Waals surface area (Å²) in [6.07, 6.45) is -0.762. The third kappa shape index (κ3) is 3.69. The van der Waals surface area contributed by atoms with Crippen LogP contribution >= 0.6 is 22.9 Å². The zero-order valence-corrected chi connectivity index (χ0v) is 11.0. The molecule has 0 aromatic carbocycles. The highest BCUT2D eigenvalue weighted by molar-refractivity contribution is 7.95. The van der Waals surface area contributed by atoms with Gasteiger partial charge in [-0.05, 0) is 0 Å². The molecule has 0 amide bonds. The molecule has 0 aliphatic rings. The number of hydrogen-bond donors (Lipinski definition) is 0. The second-order valence-electron chi connectivity index (χ2n) is 2.88. The van der Waals surface area contributed by atoms with Gasteiger partial charge in [-0.1, -0.05) is 22.9 Å². The Morgan fingerprint density at radius 3 is 2.72 bits per heavy atom. The predicted octanol–water partition coefficient (Wildman–Crippen LogP) is 3.57. The molecule has 0 saturated carbocycles. The van der Waals surface area contributed by atoms with E-state index in [1.165, 1.54) is 12.4 Å². The number of halogens is 4. The highest BCUT2D eigenvalue weighted by Gasteiger charge is 2.19. The molecule has 18 heavy (non-hydrogen) atoms. The zero-order valence-electron chi connectivity index (χ0n) is 8.57. The molecule has 1 heterocycles. The molecule has 0 N–H and O–H groups in total. The molecular weight excluding hydrogens is 311 g/mol. The molecule has 0 aliphatic heterocycles. The predicted molar refractivity (Wildman–Crippen MR) is 61.4 cm³/mol. The normalized spacial score (nSPS) is 13.5. The van der Waals surface area contributed by atoms with E-state index in [2.05, 4.69) is 9.35 Å². The van der Waals surface area contributed by atoms with Crippen LogP contribution in [0.1, 0.15) is 6.42 Å². The Kier molecular flexibility index (Phi) is 5.13. The van der Waals surface area contributed by atoms with Gasteiger partial charge in [-0.25, -0.2) is 13.6 Å². The van der Waals surface area contributed by atoms with Gasteiger partial charge in [0.15, 0.2) is 10.2 Å². The molecule has 1 unspecified atom stereocenters. The van der Waals surface area contributed by atoms with Crippen molar-refractivity contribution in [1.82, 2.24) is 4.98 Å². The van der Waals surface area contributed by atoms with E-state index in [4.69, 9.17) is 16.9 Å². The summed E-state index contributed by atoms with van der Waals surface area (Å²) in [6.45, 7) is 0. The van der Waals surface area contributed by atoms with E-state index >= 15 is 0 Å². The first-order valence-corrected chi connectivity index (χ1v) is 7.21. The van der Waals surface area contributed by atoms with Crippen molar-refractivity contribution in [3.8, 4) is 6.19 Å². The maximum Gasteiger partial charge on any atom is 0.301 e. The lowest BCUT2D eigenvalue weighted by molar-refractivity contribution is 0.373. The Balaban J connectivity index is 3.06. The molecule has 1 aromatic rings. The van der Waals surface area contributed by atoms with Crippen LogP contribution in [-0.4, -0.2) is 14.9 Å². The molecule has 98 valence electrons. The van der Waals surface area contributed by atoms with Crippen LogP contribution in [0.4, 0.5) is 13.2 Å². The molecular formula is C8H5ClF3N3OS2. The Labute approximate surface area is 110 Å². The van der Waals surface area contributed by atoms with Crippen molar-refractivity contribution in [2.24, 2.45) is 4.36 Å². The average molecular weight is 316 g/mol. The minimum atomic E-state index is -3.35. The van der Waals surface area contributed by atoms with Crippen molar-refractivity contribution in [2.45, 2.75) is 10.8 Å². The molecule has 0 bridgehead atoms. The number of nitrogens with zero attached hydrogens (tertiary/aromatic N) is 3. The summed E-state index contributed by atoms with van der Waals surface area (Å²) in [4.78, 5) is 3.67. The van der Waals surface area contributed by atoms with Gasteiger partial charge >= 0.3 is 6.08 Å². The number of hydrogen-bond acceptors (Lipinski definition) is 5. The topological polar surface area (TPSA) is 66.1 Å². The molecule has 0 spiro atoms. The van der Waals surface area contributed by atoms with Crippen LogP contribution in [-0.2, 0) is 9.73 Å². The van der Waals surface area contributed by atoms with Gasteiger partial charge in [-0.3, -0.25) is 0 Å². The number of thiazole rings is 1. The van der Waals surface area contributed by atoms with Crippen molar-refractivity contribution in [3.63, 3.8) is 0 Å². The molecule has 0 radical (unpaired) electrons. The second kappa shape index (κ2) is 6.17. The molecule has 0 fully saturated rings. The third-order valence-electron chi connectivity index (χ3n) is 1.72. The number of aromatic nitrogens is 1. The Hall–Kier alpha value is -1.11. The lowest BCUT2D eigenvalue weighted by Gasteiger charge is -2.02. The van der Waals surface area contributed by atoms with Crippen LogP contribution in [0.25, 0.3) is 0 Å². The molecule has 4 nitrogen and oxygen atoms in total. The maximum absolute atomic E-state index is 12.7. The molecule has 1 aromatic heterocycles. The highest BCUT2D eigenvalue weighted by atomic mass is 35.5. The van der Waals surface area contributed by atoms with E-state index < -0.39 is 33.8 Å². The van der Waals surface area contributed by atoms with E-state index in [0.717, 1.165) is 11.3 Å². The number of rotatable bonds is 4. The minimum absolute atomic E-state index is 0.0823. The van der Waals surface area contributed by atoms with Gasteiger partial charge in [0.25, 0.3) is 0 Å². The van der Waals surface area contributed by atoms with Crippen LogP contribution in [0, 0.1) is 11.5 Å². The summed E-state index contributed by atoms with van der Waals surface area (Å²) >= 11 is 6.38. The van der Waals surface area contributed by atoms with Crippen molar-refractivity contribution >= 4 is 32.7 Å². The quantitative estimate of drug-likeness (QED) is 0.798. The summed E-state index contributed by atoms with van der Waals surface area (Å²) < 4.78 is 51.9. The SMILES string of the molecule is N#CN=S(=O)(CCC(F)=C(F)F)c1ncc(Cl)s1. The van der Waals surface area contributed by atoms with Gasteiger partial charge in [-0.2, -0.15) is 14.0 Å². The summed E-state index contributed by atoms with van der Waals surface area (Å²) in [5.41, 5.74) is 0. The summed E-state index contributed by atoms with van der Waals surface area (Å²) in [7, 11) is -3.35. The second-order valence-corrected chi connectivity index (χ2v) is 7.06. The van der Waals surface area contributed by atoms with Crippen LogP contribution in [0.15, 0.2) is 26.8 Å². The Bertz CT molecular complexity index is 624. The van der Waals surface area contributed by atoms with Crippen LogP contribution < -0.4 is 0 Å². The maximum atomic E-state index is 12.7. The van der Waals surface area contributed by atoms with E-state index in [9.17, 15) is 17.4 Å². The van der Waals surface area contributed by atoms with Crippen LogP contribution in [0.3, 0.4) is 0 Å². The minimum Gasteiger partial charge on any atom is -0.241 e. The Morgan fingerprint density at radius 1 is 1.61 bits per heavy atom. The first kappa shape index (κ1) is 14.9. The fourth-order valence-electron chi connectivity index (χ4n) is 0.947. The van der Waals surface area contributed by atoms with Gasteiger partial charge in [0, 0.05) is 12.2 Å².